The molecule has 0 atom stereocenters. The Balaban J connectivity index is 1.89. The van der Waals surface area contributed by atoms with Gasteiger partial charge < -0.3 is 5.32 Å². The quantitative estimate of drug-likeness (QED) is 0.370. The largest absolute Gasteiger partial charge is 0.434 e. The molecule has 0 bridgehead atoms. The minimum Gasteiger partial charge on any atom is -0.329 e. The van der Waals surface area contributed by atoms with Gasteiger partial charge in [-0.3, -0.25) is 4.90 Å². The number of anilines is 2. The number of nitrogens with zero attached hydrogens (tertiary/aromatic N) is 2. The smallest absolute Gasteiger partial charge is 0.329 e. The molecule has 1 aromatic carbocycles. The van der Waals surface area contributed by atoms with Crippen LogP contribution in [0.3, 0.4) is 0 Å². The van der Waals surface area contributed by atoms with E-state index < -0.39 is 31.1 Å². The van der Waals surface area contributed by atoms with Crippen molar-refractivity contribution in [2.75, 3.05) is 18.4 Å². The van der Waals surface area contributed by atoms with Gasteiger partial charge >= 0.3 is 12.4 Å². The van der Waals surface area contributed by atoms with Gasteiger partial charge in [-0.2, -0.15) is 26.3 Å². The molecule has 2 aromatic rings. The standard InChI is InChI=1S/C18H16Cl3F6N3S/c19-10-4-11(20)14(12(21)5-10)28-16-29-15(18(25,26)27)13(31-16)7-30(8-17(22,23)24)6-9-2-1-3-9/h4-5,9H,1-3,6-8H2,(H,28,29). The third-order valence-corrected chi connectivity index (χ3v) is 6.49. The first-order valence-corrected chi connectivity index (χ1v) is 11.0. The van der Waals surface area contributed by atoms with E-state index in [-0.39, 0.29) is 43.2 Å². The number of thiazole rings is 1. The molecule has 172 valence electrons. The molecule has 1 fully saturated rings. The molecule has 0 unspecified atom stereocenters. The minimum absolute atomic E-state index is 0.0499. The SMILES string of the molecule is FC(F)(F)CN(Cc1sc(Nc2c(Cl)cc(Cl)cc2Cl)nc1C(F)(F)F)CC1CCC1. The molecule has 1 heterocycles. The van der Waals surface area contributed by atoms with E-state index in [0.29, 0.717) is 11.3 Å². The zero-order chi connectivity index (χ0) is 23.0. The number of aromatic nitrogens is 1. The Labute approximate surface area is 193 Å². The van der Waals surface area contributed by atoms with E-state index in [9.17, 15) is 26.3 Å². The second-order valence-corrected chi connectivity index (χ2v) is 9.57. The summed E-state index contributed by atoms with van der Waals surface area (Å²) in [6, 6.07) is 2.69. The molecule has 1 N–H and O–H groups in total. The average molecular weight is 527 g/mol. The van der Waals surface area contributed by atoms with E-state index in [4.69, 9.17) is 34.8 Å². The highest BCUT2D eigenvalue weighted by atomic mass is 35.5. The summed E-state index contributed by atoms with van der Waals surface area (Å²) in [5.41, 5.74) is -1.13. The van der Waals surface area contributed by atoms with Gasteiger partial charge in [0.2, 0.25) is 0 Å². The maximum absolute atomic E-state index is 13.5. The van der Waals surface area contributed by atoms with Crippen LogP contribution < -0.4 is 5.32 Å². The lowest BCUT2D eigenvalue weighted by atomic mass is 9.85. The van der Waals surface area contributed by atoms with Crippen molar-refractivity contribution >= 4 is 57.0 Å². The van der Waals surface area contributed by atoms with Crippen molar-refractivity contribution in [3.63, 3.8) is 0 Å². The molecule has 1 saturated carbocycles. The van der Waals surface area contributed by atoms with Crippen molar-refractivity contribution in [3.05, 3.63) is 37.8 Å². The maximum Gasteiger partial charge on any atom is 0.434 e. The van der Waals surface area contributed by atoms with Crippen LogP contribution in [0.2, 0.25) is 15.1 Å². The first-order valence-electron chi connectivity index (χ1n) is 9.09. The van der Waals surface area contributed by atoms with Crippen LogP contribution in [0.4, 0.5) is 37.2 Å². The third-order valence-electron chi connectivity index (χ3n) is 4.72. The predicted octanol–water partition coefficient (Wildman–Crippen LogP) is 8.03. The lowest BCUT2D eigenvalue weighted by Gasteiger charge is -2.32. The molecule has 1 aliphatic carbocycles. The maximum atomic E-state index is 13.5. The van der Waals surface area contributed by atoms with E-state index >= 15 is 0 Å². The van der Waals surface area contributed by atoms with Crippen LogP contribution in [0.1, 0.15) is 29.8 Å². The molecule has 13 heteroatoms. The average Bonchev–Trinajstić information content (AvgIpc) is 2.95. The Morgan fingerprint density at radius 2 is 1.68 bits per heavy atom. The van der Waals surface area contributed by atoms with Gasteiger partial charge in [0, 0.05) is 18.1 Å². The summed E-state index contributed by atoms with van der Waals surface area (Å²) in [4.78, 5) is 4.25. The van der Waals surface area contributed by atoms with Crippen molar-refractivity contribution in [2.24, 2.45) is 5.92 Å². The van der Waals surface area contributed by atoms with Crippen LogP contribution in [0.5, 0.6) is 0 Å². The number of hydrogen-bond donors (Lipinski definition) is 1. The first kappa shape index (κ1) is 24.7. The highest BCUT2D eigenvalue weighted by molar-refractivity contribution is 7.15. The van der Waals surface area contributed by atoms with E-state index in [1.54, 1.807) is 0 Å². The summed E-state index contributed by atoms with van der Waals surface area (Å²) in [5.74, 6) is 0.0499. The first-order chi connectivity index (χ1) is 14.3. The van der Waals surface area contributed by atoms with Crippen molar-refractivity contribution < 1.29 is 26.3 Å². The van der Waals surface area contributed by atoms with Crippen LogP contribution in [-0.4, -0.2) is 29.1 Å². The number of nitrogens with one attached hydrogen (secondary N) is 1. The van der Waals surface area contributed by atoms with E-state index in [0.717, 1.165) is 24.2 Å². The highest BCUT2D eigenvalue weighted by Gasteiger charge is 2.39. The van der Waals surface area contributed by atoms with Crippen molar-refractivity contribution in [2.45, 2.75) is 38.2 Å². The zero-order valence-electron chi connectivity index (χ0n) is 15.7. The highest BCUT2D eigenvalue weighted by Crippen LogP contribution is 2.41. The van der Waals surface area contributed by atoms with Crippen molar-refractivity contribution in [1.29, 1.82) is 0 Å². The Morgan fingerprint density at radius 3 is 2.16 bits per heavy atom. The van der Waals surface area contributed by atoms with Crippen LogP contribution >= 0.6 is 46.1 Å². The van der Waals surface area contributed by atoms with Gasteiger partial charge in [0.25, 0.3) is 0 Å². The predicted molar refractivity (Wildman–Crippen MR) is 111 cm³/mol. The van der Waals surface area contributed by atoms with E-state index in [1.165, 1.54) is 12.1 Å². The van der Waals surface area contributed by atoms with Gasteiger partial charge in [0.15, 0.2) is 10.8 Å². The Hall–Kier alpha value is -0.940. The number of benzene rings is 1. The molecule has 3 nitrogen and oxygen atoms in total. The van der Waals surface area contributed by atoms with Gasteiger partial charge in [-0.15, -0.1) is 0 Å². The normalized spacial score (nSPS) is 15.4. The molecule has 0 radical (unpaired) electrons. The summed E-state index contributed by atoms with van der Waals surface area (Å²) >= 11 is 18.5. The van der Waals surface area contributed by atoms with Gasteiger partial charge in [-0.05, 0) is 30.9 Å². The van der Waals surface area contributed by atoms with Crippen molar-refractivity contribution in [1.82, 2.24) is 9.88 Å². The molecular weight excluding hydrogens is 511 g/mol. The summed E-state index contributed by atoms with van der Waals surface area (Å²) in [6.07, 6.45) is -6.92. The number of alkyl halides is 6. The fourth-order valence-corrected chi connectivity index (χ4v) is 5.12. The monoisotopic (exact) mass is 525 g/mol. The van der Waals surface area contributed by atoms with Crippen LogP contribution in [-0.2, 0) is 12.7 Å². The second kappa shape index (κ2) is 9.51. The van der Waals surface area contributed by atoms with Gasteiger partial charge in [-0.25, -0.2) is 4.98 Å². The van der Waals surface area contributed by atoms with Crippen molar-refractivity contribution in [3.8, 4) is 0 Å². The lowest BCUT2D eigenvalue weighted by Crippen LogP contribution is -2.38. The Kier molecular flexibility index (Phi) is 7.57. The summed E-state index contributed by atoms with van der Waals surface area (Å²) in [6.45, 7) is -1.74. The summed E-state index contributed by atoms with van der Waals surface area (Å²) < 4.78 is 79.6. The topological polar surface area (TPSA) is 28.2 Å². The molecule has 3 rings (SSSR count). The molecule has 0 saturated heterocycles. The van der Waals surface area contributed by atoms with E-state index in [1.807, 2.05) is 0 Å². The Morgan fingerprint density at radius 1 is 1.06 bits per heavy atom. The molecule has 0 spiro atoms. The number of hydrogen-bond acceptors (Lipinski definition) is 4. The summed E-state index contributed by atoms with van der Waals surface area (Å²) in [5, 5.41) is 2.79. The molecular formula is C18H16Cl3F6N3S. The fraction of sp³-hybridized carbons (Fsp3) is 0.500. The second-order valence-electron chi connectivity index (χ2n) is 7.24. The third kappa shape index (κ3) is 6.77. The van der Waals surface area contributed by atoms with Gasteiger partial charge in [0.1, 0.15) is 0 Å². The lowest BCUT2D eigenvalue weighted by molar-refractivity contribution is -0.150. The number of rotatable bonds is 7. The zero-order valence-corrected chi connectivity index (χ0v) is 18.8. The van der Waals surface area contributed by atoms with Crippen LogP contribution in [0.25, 0.3) is 0 Å². The minimum atomic E-state index is -4.83. The molecule has 31 heavy (non-hydrogen) atoms. The van der Waals surface area contributed by atoms with Crippen LogP contribution in [0.15, 0.2) is 12.1 Å². The van der Waals surface area contributed by atoms with Gasteiger partial charge in [-0.1, -0.05) is 52.6 Å². The van der Waals surface area contributed by atoms with Gasteiger partial charge in [0.05, 0.1) is 27.2 Å². The molecule has 1 aromatic heterocycles. The summed E-state index contributed by atoms with van der Waals surface area (Å²) in [7, 11) is 0. The fourth-order valence-electron chi connectivity index (χ4n) is 3.18. The molecule has 0 aliphatic heterocycles. The molecule has 0 amide bonds. The molecule has 1 aliphatic rings. The van der Waals surface area contributed by atoms with E-state index in [2.05, 4.69) is 10.3 Å². The van der Waals surface area contributed by atoms with Crippen LogP contribution in [0, 0.1) is 5.92 Å². The number of halogens is 9. The Bertz CT molecular complexity index is 904.